The fourth-order valence-corrected chi connectivity index (χ4v) is 3.67. The van der Waals surface area contributed by atoms with Crippen LogP contribution in [0.2, 0.25) is 0 Å². The summed E-state index contributed by atoms with van der Waals surface area (Å²) in [6.07, 6.45) is 1.88. The van der Waals surface area contributed by atoms with E-state index in [2.05, 4.69) is 67.3 Å². The SMILES string of the molecule is CCCN1CCC(CNC(=NCC(O)c2ccc(C(C)(C)C)cc2)NCC)C1. The molecule has 28 heavy (non-hydrogen) atoms. The smallest absolute Gasteiger partial charge is 0.191 e. The molecule has 1 aromatic rings. The Hall–Kier alpha value is -1.59. The van der Waals surface area contributed by atoms with Gasteiger partial charge in [0.2, 0.25) is 0 Å². The van der Waals surface area contributed by atoms with Gasteiger partial charge in [-0.25, -0.2) is 0 Å². The highest BCUT2D eigenvalue weighted by Crippen LogP contribution is 2.24. The van der Waals surface area contributed by atoms with E-state index in [0.717, 1.165) is 24.6 Å². The quantitative estimate of drug-likeness (QED) is 0.472. The van der Waals surface area contributed by atoms with Crippen molar-refractivity contribution in [3.05, 3.63) is 35.4 Å². The molecule has 0 bridgehead atoms. The normalized spacial score (nSPS) is 19.6. The molecular weight excluding hydrogens is 348 g/mol. The molecule has 1 fully saturated rings. The second-order valence-electron chi connectivity index (χ2n) is 8.94. The van der Waals surface area contributed by atoms with Crippen molar-refractivity contribution in [2.45, 2.75) is 59.0 Å². The zero-order valence-corrected chi connectivity index (χ0v) is 18.5. The van der Waals surface area contributed by atoms with Crippen molar-refractivity contribution in [1.82, 2.24) is 15.5 Å². The summed E-state index contributed by atoms with van der Waals surface area (Å²) in [5, 5.41) is 17.3. The van der Waals surface area contributed by atoms with Crippen LogP contribution in [0.25, 0.3) is 0 Å². The van der Waals surface area contributed by atoms with Crippen LogP contribution in [-0.4, -0.2) is 55.2 Å². The highest BCUT2D eigenvalue weighted by Gasteiger charge is 2.21. The molecule has 2 unspecified atom stereocenters. The first kappa shape index (κ1) is 22.7. The average molecular weight is 389 g/mol. The van der Waals surface area contributed by atoms with Gasteiger partial charge in [-0.3, -0.25) is 4.99 Å². The highest BCUT2D eigenvalue weighted by molar-refractivity contribution is 5.79. The summed E-state index contributed by atoms with van der Waals surface area (Å²) in [6.45, 7) is 16.6. The molecule has 1 aliphatic heterocycles. The van der Waals surface area contributed by atoms with Gasteiger partial charge in [-0.1, -0.05) is 52.0 Å². The van der Waals surface area contributed by atoms with Gasteiger partial charge in [-0.15, -0.1) is 0 Å². The van der Waals surface area contributed by atoms with E-state index in [9.17, 15) is 5.11 Å². The zero-order chi connectivity index (χ0) is 20.6. The Labute approximate surface area is 171 Å². The zero-order valence-electron chi connectivity index (χ0n) is 18.5. The topological polar surface area (TPSA) is 59.9 Å². The molecule has 1 saturated heterocycles. The van der Waals surface area contributed by atoms with E-state index in [1.165, 1.54) is 38.0 Å². The molecule has 1 aliphatic rings. The van der Waals surface area contributed by atoms with Gasteiger partial charge in [0.15, 0.2) is 5.96 Å². The Balaban J connectivity index is 1.87. The molecule has 3 N–H and O–H groups in total. The Morgan fingerprint density at radius 2 is 1.93 bits per heavy atom. The van der Waals surface area contributed by atoms with E-state index in [0.29, 0.717) is 12.5 Å². The lowest BCUT2D eigenvalue weighted by molar-refractivity contribution is 0.187. The number of hydrogen-bond donors (Lipinski definition) is 3. The van der Waals surface area contributed by atoms with Crippen molar-refractivity contribution in [3.63, 3.8) is 0 Å². The van der Waals surface area contributed by atoms with E-state index in [-0.39, 0.29) is 5.41 Å². The van der Waals surface area contributed by atoms with Crippen molar-refractivity contribution in [3.8, 4) is 0 Å². The third-order valence-electron chi connectivity index (χ3n) is 5.40. The fourth-order valence-electron chi connectivity index (χ4n) is 3.67. The molecule has 1 aromatic carbocycles. The molecule has 1 heterocycles. The van der Waals surface area contributed by atoms with Crippen molar-refractivity contribution >= 4 is 5.96 Å². The molecule has 2 atom stereocenters. The van der Waals surface area contributed by atoms with E-state index < -0.39 is 6.10 Å². The number of likely N-dealkylation sites (tertiary alicyclic amines) is 1. The molecule has 5 heteroatoms. The van der Waals surface area contributed by atoms with Crippen LogP contribution in [0.5, 0.6) is 0 Å². The standard InChI is InChI=1S/C23H40N4O/c1-6-13-27-14-12-18(17-27)15-25-22(24-7-2)26-16-21(28)19-8-10-20(11-9-19)23(3,4)5/h8-11,18,21,28H,6-7,12-17H2,1-5H3,(H2,24,25,26). The van der Waals surface area contributed by atoms with Gasteiger partial charge in [-0.05, 0) is 55.3 Å². The average Bonchev–Trinajstić information content (AvgIpc) is 3.11. The molecule has 0 aromatic heterocycles. The molecule has 2 rings (SSSR count). The lowest BCUT2D eigenvalue weighted by Crippen LogP contribution is -2.40. The summed E-state index contributed by atoms with van der Waals surface area (Å²) in [6, 6.07) is 8.24. The number of nitrogens with one attached hydrogen (secondary N) is 2. The fraction of sp³-hybridized carbons (Fsp3) is 0.696. The number of aliphatic hydroxyl groups excluding tert-OH is 1. The van der Waals surface area contributed by atoms with Gasteiger partial charge >= 0.3 is 0 Å². The van der Waals surface area contributed by atoms with Gasteiger partial charge in [0.25, 0.3) is 0 Å². The van der Waals surface area contributed by atoms with Gasteiger partial charge in [0.05, 0.1) is 12.6 Å². The largest absolute Gasteiger partial charge is 0.386 e. The van der Waals surface area contributed by atoms with E-state index in [4.69, 9.17) is 0 Å². The van der Waals surface area contributed by atoms with Crippen LogP contribution in [0.3, 0.4) is 0 Å². The van der Waals surface area contributed by atoms with Crippen LogP contribution in [0.15, 0.2) is 29.3 Å². The third kappa shape index (κ3) is 7.10. The second kappa shape index (κ2) is 10.8. The van der Waals surface area contributed by atoms with Crippen LogP contribution < -0.4 is 10.6 Å². The molecular formula is C23H40N4O. The Morgan fingerprint density at radius 1 is 1.21 bits per heavy atom. The minimum Gasteiger partial charge on any atom is -0.386 e. The summed E-state index contributed by atoms with van der Waals surface area (Å²) >= 11 is 0. The monoisotopic (exact) mass is 388 g/mol. The van der Waals surface area contributed by atoms with Crippen molar-refractivity contribution < 1.29 is 5.11 Å². The van der Waals surface area contributed by atoms with Crippen molar-refractivity contribution in [2.24, 2.45) is 10.9 Å². The maximum absolute atomic E-state index is 10.5. The van der Waals surface area contributed by atoms with E-state index >= 15 is 0 Å². The van der Waals surface area contributed by atoms with Crippen LogP contribution in [0.4, 0.5) is 0 Å². The van der Waals surface area contributed by atoms with E-state index in [1.54, 1.807) is 0 Å². The van der Waals surface area contributed by atoms with Crippen LogP contribution in [-0.2, 0) is 5.41 Å². The second-order valence-corrected chi connectivity index (χ2v) is 8.94. The Bertz CT molecular complexity index is 606. The van der Waals surface area contributed by atoms with Crippen molar-refractivity contribution in [2.75, 3.05) is 39.3 Å². The lowest BCUT2D eigenvalue weighted by atomic mass is 9.86. The molecule has 0 radical (unpaired) electrons. The lowest BCUT2D eigenvalue weighted by Gasteiger charge is -2.20. The minimum atomic E-state index is -0.587. The number of hydrogen-bond acceptors (Lipinski definition) is 3. The highest BCUT2D eigenvalue weighted by atomic mass is 16.3. The molecule has 0 saturated carbocycles. The first-order valence-corrected chi connectivity index (χ1v) is 10.9. The maximum atomic E-state index is 10.5. The Kier molecular flexibility index (Phi) is 8.77. The molecule has 0 aliphatic carbocycles. The summed E-state index contributed by atoms with van der Waals surface area (Å²) in [5.41, 5.74) is 2.31. The third-order valence-corrected chi connectivity index (χ3v) is 5.40. The number of benzene rings is 1. The summed E-state index contributed by atoms with van der Waals surface area (Å²) < 4.78 is 0. The van der Waals surface area contributed by atoms with Gasteiger partial charge in [-0.2, -0.15) is 0 Å². The van der Waals surface area contributed by atoms with E-state index in [1.807, 2.05) is 12.1 Å². The number of nitrogens with zero attached hydrogens (tertiary/aromatic N) is 2. The molecule has 5 nitrogen and oxygen atoms in total. The predicted molar refractivity (Wildman–Crippen MR) is 119 cm³/mol. The first-order chi connectivity index (χ1) is 13.3. The number of aliphatic imine (C=N–C) groups is 1. The van der Waals surface area contributed by atoms with Crippen LogP contribution in [0.1, 0.15) is 64.7 Å². The molecule has 0 spiro atoms. The summed E-state index contributed by atoms with van der Waals surface area (Å²) in [7, 11) is 0. The molecule has 0 amide bonds. The van der Waals surface area contributed by atoms with Gasteiger partial charge in [0, 0.05) is 19.6 Å². The summed E-state index contributed by atoms with van der Waals surface area (Å²) in [4.78, 5) is 7.15. The number of aliphatic hydroxyl groups is 1. The number of rotatable bonds is 8. The Morgan fingerprint density at radius 3 is 2.54 bits per heavy atom. The van der Waals surface area contributed by atoms with Gasteiger partial charge in [0.1, 0.15) is 0 Å². The van der Waals surface area contributed by atoms with Crippen LogP contribution >= 0.6 is 0 Å². The van der Waals surface area contributed by atoms with Crippen LogP contribution in [0, 0.1) is 5.92 Å². The minimum absolute atomic E-state index is 0.122. The van der Waals surface area contributed by atoms with Gasteiger partial charge < -0.3 is 20.6 Å². The first-order valence-electron chi connectivity index (χ1n) is 10.9. The number of guanidine groups is 1. The maximum Gasteiger partial charge on any atom is 0.191 e. The molecule has 158 valence electrons. The summed E-state index contributed by atoms with van der Waals surface area (Å²) in [5.74, 6) is 1.46. The predicted octanol–water partition coefficient (Wildman–Crippen LogP) is 3.30. The van der Waals surface area contributed by atoms with Crippen molar-refractivity contribution in [1.29, 1.82) is 0 Å².